The smallest absolute Gasteiger partial charge is 0.392 e. The van der Waals surface area contributed by atoms with E-state index in [1.807, 2.05) is 19.1 Å². The molecule has 0 fully saturated rings. The van der Waals surface area contributed by atoms with Crippen LogP contribution in [0.1, 0.15) is 22.4 Å². The third-order valence-electron chi connectivity index (χ3n) is 2.94. The molecule has 1 aromatic heterocycles. The van der Waals surface area contributed by atoms with Crippen molar-refractivity contribution < 1.29 is 18.3 Å². The largest absolute Gasteiger partial charge is 0.433 e. The summed E-state index contributed by atoms with van der Waals surface area (Å²) in [6.45, 7) is 1.18. The second-order valence-electron chi connectivity index (χ2n) is 4.26. The van der Waals surface area contributed by atoms with Crippen molar-refractivity contribution in [2.45, 2.75) is 26.3 Å². The number of alkyl halides is 3. The number of rotatable bonds is 3. The fourth-order valence-corrected chi connectivity index (χ4v) is 1.94. The molecule has 1 N–H and O–H groups in total. The van der Waals surface area contributed by atoms with E-state index in [-0.39, 0.29) is 12.1 Å². The number of nitrogens with zero attached hydrogens (tertiary/aromatic N) is 2. The van der Waals surface area contributed by atoms with Gasteiger partial charge in [-0.3, -0.25) is 4.68 Å². The summed E-state index contributed by atoms with van der Waals surface area (Å²) in [5.74, 6) is 0. The lowest BCUT2D eigenvalue weighted by atomic mass is 10.1. The summed E-state index contributed by atoms with van der Waals surface area (Å²) in [5, 5.41) is 12.7. The number of benzene rings is 1. The van der Waals surface area contributed by atoms with Crippen molar-refractivity contribution in [3.05, 3.63) is 52.8 Å². The number of halogens is 3. The number of hydrogen-bond donors (Lipinski definition) is 1. The Balaban J connectivity index is 2.42. The lowest BCUT2D eigenvalue weighted by Gasteiger charge is -2.13. The molecule has 0 radical (unpaired) electrons. The number of aryl methyl sites for hydroxylation is 1. The summed E-state index contributed by atoms with van der Waals surface area (Å²) >= 11 is 0. The van der Waals surface area contributed by atoms with Crippen LogP contribution in [0.4, 0.5) is 13.2 Å². The maximum absolute atomic E-state index is 13.0. The number of aromatic nitrogens is 2. The second kappa shape index (κ2) is 5.05. The van der Waals surface area contributed by atoms with Crippen molar-refractivity contribution >= 4 is 0 Å². The lowest BCUT2D eigenvalue weighted by Crippen LogP contribution is -2.17. The second-order valence-corrected chi connectivity index (χ2v) is 4.26. The maximum Gasteiger partial charge on any atom is 0.433 e. The molecule has 3 nitrogen and oxygen atoms in total. The molecule has 0 aliphatic carbocycles. The molecule has 1 aromatic carbocycles. The summed E-state index contributed by atoms with van der Waals surface area (Å²) in [4.78, 5) is 0. The molecule has 19 heavy (non-hydrogen) atoms. The van der Waals surface area contributed by atoms with Crippen LogP contribution in [0.2, 0.25) is 0 Å². The van der Waals surface area contributed by atoms with E-state index in [9.17, 15) is 13.2 Å². The van der Waals surface area contributed by atoms with Gasteiger partial charge in [-0.1, -0.05) is 24.3 Å². The highest BCUT2D eigenvalue weighted by Gasteiger charge is 2.37. The minimum Gasteiger partial charge on any atom is -0.392 e. The molecule has 0 bridgehead atoms. The Bertz CT molecular complexity index is 576. The van der Waals surface area contributed by atoms with Crippen LogP contribution >= 0.6 is 0 Å². The van der Waals surface area contributed by atoms with Crippen molar-refractivity contribution in [1.29, 1.82) is 0 Å². The Kier molecular flexibility index (Phi) is 3.61. The third kappa shape index (κ3) is 2.78. The zero-order valence-corrected chi connectivity index (χ0v) is 10.3. The van der Waals surface area contributed by atoms with Crippen molar-refractivity contribution in [3.8, 4) is 0 Å². The summed E-state index contributed by atoms with van der Waals surface area (Å²) in [6.07, 6.45) is -3.47. The van der Waals surface area contributed by atoms with Crippen molar-refractivity contribution in [2.24, 2.45) is 0 Å². The monoisotopic (exact) mass is 270 g/mol. The Labute approximate surface area is 108 Å². The van der Waals surface area contributed by atoms with Gasteiger partial charge in [0.2, 0.25) is 0 Å². The van der Waals surface area contributed by atoms with Gasteiger partial charge in [-0.15, -0.1) is 0 Å². The molecule has 0 spiro atoms. The van der Waals surface area contributed by atoms with Gasteiger partial charge in [0.25, 0.3) is 0 Å². The van der Waals surface area contributed by atoms with E-state index >= 15 is 0 Å². The molecule has 0 aliphatic rings. The van der Waals surface area contributed by atoms with Gasteiger partial charge < -0.3 is 5.11 Å². The van der Waals surface area contributed by atoms with E-state index in [0.717, 1.165) is 22.0 Å². The molecule has 0 unspecified atom stereocenters. The Morgan fingerprint density at radius 3 is 2.47 bits per heavy atom. The molecule has 102 valence electrons. The highest BCUT2D eigenvalue weighted by molar-refractivity contribution is 5.27. The highest BCUT2D eigenvalue weighted by atomic mass is 19.4. The molecule has 1 heterocycles. The van der Waals surface area contributed by atoms with Gasteiger partial charge in [0.15, 0.2) is 0 Å². The SMILES string of the molecule is Cc1ccccc1Cn1ncc(CO)c1C(F)(F)F. The standard InChI is InChI=1S/C13H13F3N2O/c1-9-4-2-3-5-10(9)7-18-12(13(14,15)16)11(8-19)6-17-18/h2-6,19H,7-8H2,1H3. The average molecular weight is 270 g/mol. The van der Waals surface area contributed by atoms with Crippen LogP contribution in [0.15, 0.2) is 30.5 Å². The molecule has 2 aromatic rings. The van der Waals surface area contributed by atoms with E-state index in [0.29, 0.717) is 0 Å². The van der Waals surface area contributed by atoms with E-state index in [4.69, 9.17) is 5.11 Å². The van der Waals surface area contributed by atoms with Crippen molar-refractivity contribution in [2.75, 3.05) is 0 Å². The Hall–Kier alpha value is -1.82. The van der Waals surface area contributed by atoms with Gasteiger partial charge in [-0.05, 0) is 18.1 Å². The van der Waals surface area contributed by atoms with Gasteiger partial charge in [-0.2, -0.15) is 18.3 Å². The predicted molar refractivity (Wildman–Crippen MR) is 63.4 cm³/mol. The van der Waals surface area contributed by atoms with Crippen molar-refractivity contribution in [1.82, 2.24) is 9.78 Å². The summed E-state index contributed by atoms with van der Waals surface area (Å²) < 4.78 is 39.8. The Morgan fingerprint density at radius 2 is 1.89 bits per heavy atom. The summed E-state index contributed by atoms with van der Waals surface area (Å²) in [7, 11) is 0. The first kappa shape index (κ1) is 13.6. The molecular weight excluding hydrogens is 257 g/mol. The average Bonchev–Trinajstić information content (AvgIpc) is 2.75. The maximum atomic E-state index is 13.0. The van der Waals surface area contributed by atoms with Crippen LogP contribution in [0.25, 0.3) is 0 Å². The van der Waals surface area contributed by atoms with Gasteiger partial charge in [0.1, 0.15) is 5.69 Å². The zero-order valence-electron chi connectivity index (χ0n) is 10.3. The normalized spacial score (nSPS) is 11.8. The summed E-state index contributed by atoms with van der Waals surface area (Å²) in [5.41, 5.74) is 0.566. The first-order valence-electron chi connectivity index (χ1n) is 5.70. The van der Waals surface area contributed by atoms with Crippen LogP contribution in [0.3, 0.4) is 0 Å². The van der Waals surface area contributed by atoms with Crippen LogP contribution in [-0.4, -0.2) is 14.9 Å². The van der Waals surface area contributed by atoms with Crippen LogP contribution in [0.5, 0.6) is 0 Å². The molecule has 0 amide bonds. The topological polar surface area (TPSA) is 38.0 Å². The first-order chi connectivity index (χ1) is 8.93. The van der Waals surface area contributed by atoms with Crippen LogP contribution in [0, 0.1) is 6.92 Å². The molecule has 0 atom stereocenters. The molecule has 0 aliphatic heterocycles. The van der Waals surface area contributed by atoms with E-state index in [2.05, 4.69) is 5.10 Å². The minimum atomic E-state index is -4.53. The van der Waals surface area contributed by atoms with E-state index in [1.54, 1.807) is 12.1 Å². The number of aliphatic hydroxyl groups excluding tert-OH is 1. The molecule has 6 heteroatoms. The molecular formula is C13H13F3N2O. The quantitative estimate of drug-likeness (QED) is 0.931. The molecule has 0 saturated carbocycles. The minimum absolute atomic E-state index is 0.0293. The van der Waals surface area contributed by atoms with Gasteiger partial charge in [-0.25, -0.2) is 0 Å². The van der Waals surface area contributed by atoms with E-state index < -0.39 is 18.5 Å². The van der Waals surface area contributed by atoms with E-state index in [1.165, 1.54) is 0 Å². The van der Waals surface area contributed by atoms with Gasteiger partial charge >= 0.3 is 6.18 Å². The zero-order chi connectivity index (χ0) is 14.0. The van der Waals surface area contributed by atoms with Gasteiger partial charge in [0.05, 0.1) is 19.3 Å². The molecule has 2 rings (SSSR count). The lowest BCUT2D eigenvalue weighted by molar-refractivity contribution is -0.145. The number of hydrogen-bond acceptors (Lipinski definition) is 2. The fraction of sp³-hybridized carbons (Fsp3) is 0.308. The molecule has 0 saturated heterocycles. The predicted octanol–water partition coefficient (Wildman–Crippen LogP) is 2.75. The Morgan fingerprint density at radius 1 is 1.21 bits per heavy atom. The highest BCUT2D eigenvalue weighted by Crippen LogP contribution is 2.32. The third-order valence-corrected chi connectivity index (χ3v) is 2.94. The first-order valence-corrected chi connectivity index (χ1v) is 5.70. The van der Waals surface area contributed by atoms with Crippen LogP contribution in [-0.2, 0) is 19.3 Å². The number of aliphatic hydroxyl groups is 1. The fourth-order valence-electron chi connectivity index (χ4n) is 1.94. The van der Waals surface area contributed by atoms with Crippen molar-refractivity contribution in [3.63, 3.8) is 0 Å². The summed E-state index contributed by atoms with van der Waals surface area (Å²) in [6, 6.07) is 7.19. The van der Waals surface area contributed by atoms with Crippen LogP contribution < -0.4 is 0 Å². The van der Waals surface area contributed by atoms with Gasteiger partial charge in [0, 0.05) is 5.56 Å².